The van der Waals surface area contributed by atoms with Crippen molar-refractivity contribution in [2.24, 2.45) is 0 Å². The maximum atomic E-state index is 3.77. The lowest BCUT2D eigenvalue weighted by molar-refractivity contribution is 0.381. The predicted octanol–water partition coefficient (Wildman–Crippen LogP) is 8.42. The summed E-state index contributed by atoms with van der Waals surface area (Å²) in [5, 5.41) is 3.77. The highest BCUT2D eigenvalue weighted by molar-refractivity contribution is 7.99. The van der Waals surface area contributed by atoms with E-state index in [1.807, 2.05) is 11.8 Å². The molecule has 1 N–H and O–H groups in total. The Kier molecular flexibility index (Phi) is 8.92. The van der Waals surface area contributed by atoms with Gasteiger partial charge in [-0.1, -0.05) is 90.1 Å². The average molecular weight is 452 g/mol. The Morgan fingerprint density at radius 3 is 1.34 bits per heavy atom. The molecule has 0 aliphatic carbocycles. The van der Waals surface area contributed by atoms with Crippen molar-refractivity contribution in [2.45, 2.75) is 103 Å². The highest BCUT2D eigenvalue weighted by Gasteiger charge is 2.31. The minimum atomic E-state index is 0.320. The number of hydrogen-bond acceptors (Lipinski definition) is 2. The van der Waals surface area contributed by atoms with Gasteiger partial charge >= 0.3 is 0 Å². The van der Waals surface area contributed by atoms with Crippen LogP contribution in [0.2, 0.25) is 0 Å². The Morgan fingerprint density at radius 2 is 1.06 bits per heavy atom. The summed E-state index contributed by atoms with van der Waals surface area (Å²) in [7, 11) is 0. The molecule has 0 radical (unpaired) electrons. The van der Waals surface area contributed by atoms with Gasteiger partial charge in [-0.2, -0.15) is 0 Å². The molecule has 0 amide bonds. The number of hydrogen-bond donors (Lipinski definition) is 1. The molecule has 0 bridgehead atoms. The zero-order valence-corrected chi connectivity index (χ0v) is 22.2. The first-order valence-electron chi connectivity index (χ1n) is 13.0. The molecule has 1 heterocycles. The third kappa shape index (κ3) is 4.82. The van der Waals surface area contributed by atoms with Gasteiger partial charge in [-0.05, 0) is 71.6 Å². The summed E-state index contributed by atoms with van der Waals surface area (Å²) in [6, 6.07) is 19.9. The van der Waals surface area contributed by atoms with Crippen LogP contribution < -0.4 is 5.32 Å². The van der Waals surface area contributed by atoms with Gasteiger partial charge in [-0.15, -0.1) is 11.8 Å². The van der Waals surface area contributed by atoms with Crippen molar-refractivity contribution in [1.82, 2.24) is 5.32 Å². The number of rotatable bonds is 11. The lowest BCUT2D eigenvalue weighted by atomic mass is 9.72. The standard InChI is InChI=1S/C30H45NS/c1-7-29(8-2,9-3)25-17-13-23(14-18-25)28(27-21-32-22-31-27)24-15-19-26(20-16-24)30(10-4,11-5)12-6/h13-20,27-28,31H,7-12,21-22H2,1-6H3/t27-/m1/s1. The normalized spacial score (nSPS) is 17.3. The van der Waals surface area contributed by atoms with Crippen LogP contribution in [0.4, 0.5) is 0 Å². The van der Waals surface area contributed by atoms with Crippen LogP contribution in [-0.2, 0) is 10.8 Å². The van der Waals surface area contributed by atoms with Crippen molar-refractivity contribution in [1.29, 1.82) is 0 Å². The fourth-order valence-electron chi connectivity index (χ4n) is 6.09. The third-order valence-corrected chi connectivity index (χ3v) is 9.94. The lowest BCUT2D eigenvalue weighted by Crippen LogP contribution is -2.32. The number of nitrogens with one attached hydrogen (secondary N) is 1. The molecule has 176 valence electrons. The van der Waals surface area contributed by atoms with E-state index in [9.17, 15) is 0 Å². The second kappa shape index (κ2) is 11.3. The first kappa shape index (κ1) is 25.4. The van der Waals surface area contributed by atoms with Gasteiger partial charge in [0.2, 0.25) is 0 Å². The van der Waals surface area contributed by atoms with Crippen molar-refractivity contribution in [3.8, 4) is 0 Å². The molecule has 2 aromatic carbocycles. The van der Waals surface area contributed by atoms with Crippen molar-refractivity contribution in [2.75, 3.05) is 11.6 Å². The molecule has 1 saturated heterocycles. The van der Waals surface area contributed by atoms with Crippen molar-refractivity contribution >= 4 is 11.8 Å². The molecule has 32 heavy (non-hydrogen) atoms. The lowest BCUT2D eigenvalue weighted by Gasteiger charge is -2.33. The molecule has 1 atom stereocenters. The summed E-state index contributed by atoms with van der Waals surface area (Å²) >= 11 is 2.03. The second-order valence-corrected chi connectivity index (χ2v) is 10.8. The number of thioether (sulfide) groups is 1. The van der Waals surface area contributed by atoms with Gasteiger partial charge in [0.25, 0.3) is 0 Å². The van der Waals surface area contributed by atoms with Crippen molar-refractivity contribution in [3.63, 3.8) is 0 Å². The van der Waals surface area contributed by atoms with E-state index in [-0.39, 0.29) is 0 Å². The largest absolute Gasteiger partial charge is 0.303 e. The van der Waals surface area contributed by atoms with Gasteiger partial charge in [0, 0.05) is 23.6 Å². The average Bonchev–Trinajstić information content (AvgIpc) is 3.38. The molecule has 3 rings (SSSR count). The highest BCUT2D eigenvalue weighted by atomic mass is 32.2. The van der Waals surface area contributed by atoms with Crippen LogP contribution in [0.3, 0.4) is 0 Å². The molecule has 2 heteroatoms. The fraction of sp³-hybridized carbons (Fsp3) is 0.600. The van der Waals surface area contributed by atoms with Gasteiger partial charge in [-0.25, -0.2) is 0 Å². The van der Waals surface area contributed by atoms with Gasteiger partial charge in [0.05, 0.1) is 0 Å². The zero-order chi connectivity index (χ0) is 23.2. The minimum Gasteiger partial charge on any atom is -0.303 e. The molecule has 0 spiro atoms. The SMILES string of the molecule is CCC(CC)(CC)c1ccc(C(c2ccc(C(CC)(CC)CC)cc2)[C@H]2CSCN2)cc1. The topological polar surface area (TPSA) is 12.0 Å². The van der Waals surface area contributed by atoms with Gasteiger partial charge in [0.15, 0.2) is 0 Å². The van der Waals surface area contributed by atoms with Gasteiger partial charge in [-0.3, -0.25) is 0 Å². The van der Waals surface area contributed by atoms with E-state index in [1.54, 1.807) is 0 Å². The Labute approximate surface area is 202 Å². The van der Waals surface area contributed by atoms with Crippen LogP contribution in [0.15, 0.2) is 48.5 Å². The Morgan fingerprint density at radius 1 is 0.688 bits per heavy atom. The van der Waals surface area contributed by atoms with Crippen molar-refractivity contribution < 1.29 is 0 Å². The van der Waals surface area contributed by atoms with E-state index in [1.165, 1.54) is 66.5 Å². The molecule has 1 aliphatic heterocycles. The smallest absolute Gasteiger partial charge is 0.0421 e. The second-order valence-electron chi connectivity index (χ2n) is 9.73. The predicted molar refractivity (Wildman–Crippen MR) is 144 cm³/mol. The van der Waals surface area contributed by atoms with Gasteiger partial charge in [0.1, 0.15) is 0 Å². The van der Waals surface area contributed by atoms with Gasteiger partial charge < -0.3 is 5.32 Å². The molecule has 1 aliphatic rings. The van der Waals surface area contributed by atoms with Crippen molar-refractivity contribution in [3.05, 3.63) is 70.8 Å². The molecule has 0 saturated carbocycles. The summed E-state index contributed by atoms with van der Waals surface area (Å²) < 4.78 is 0. The third-order valence-electron chi connectivity index (χ3n) is 8.97. The number of benzene rings is 2. The Hall–Kier alpha value is -1.25. The zero-order valence-electron chi connectivity index (χ0n) is 21.3. The summed E-state index contributed by atoms with van der Waals surface area (Å²) in [5.74, 6) is 2.65. The molecular weight excluding hydrogens is 406 g/mol. The summed E-state index contributed by atoms with van der Waals surface area (Å²) in [4.78, 5) is 0. The van der Waals surface area contributed by atoms with E-state index < -0.39 is 0 Å². The molecule has 0 unspecified atom stereocenters. The quantitative estimate of drug-likeness (QED) is 0.368. The maximum absolute atomic E-state index is 3.77. The van der Waals surface area contributed by atoms with E-state index in [4.69, 9.17) is 0 Å². The monoisotopic (exact) mass is 451 g/mol. The van der Waals surface area contributed by atoms with Crippen LogP contribution in [0.25, 0.3) is 0 Å². The van der Waals surface area contributed by atoms with E-state index in [2.05, 4.69) is 95.4 Å². The van der Waals surface area contributed by atoms with Crippen LogP contribution in [0, 0.1) is 0 Å². The summed E-state index contributed by atoms with van der Waals surface area (Å²) in [5.41, 5.74) is 6.56. The van der Waals surface area contributed by atoms with E-state index in [0.29, 0.717) is 22.8 Å². The summed E-state index contributed by atoms with van der Waals surface area (Å²) in [6.07, 6.45) is 7.24. The maximum Gasteiger partial charge on any atom is 0.0421 e. The van der Waals surface area contributed by atoms with Crippen LogP contribution >= 0.6 is 11.8 Å². The molecule has 0 aromatic heterocycles. The summed E-state index contributed by atoms with van der Waals surface area (Å²) in [6.45, 7) is 14.0. The minimum absolute atomic E-state index is 0.320. The molecule has 1 nitrogen and oxygen atoms in total. The molecular formula is C30H45NS. The van der Waals surface area contributed by atoms with E-state index in [0.717, 1.165) is 5.88 Å². The fourth-order valence-corrected chi connectivity index (χ4v) is 7.11. The Bertz CT molecular complexity index is 729. The first-order valence-corrected chi connectivity index (χ1v) is 14.2. The van der Waals surface area contributed by atoms with Crippen LogP contribution in [0.1, 0.15) is 108 Å². The Balaban J connectivity index is 1.96. The highest BCUT2D eigenvalue weighted by Crippen LogP contribution is 2.39. The van der Waals surface area contributed by atoms with Crippen LogP contribution in [-0.4, -0.2) is 17.7 Å². The molecule has 1 fully saturated rings. The first-order chi connectivity index (χ1) is 15.5. The van der Waals surface area contributed by atoms with E-state index >= 15 is 0 Å². The van der Waals surface area contributed by atoms with Crippen LogP contribution in [0.5, 0.6) is 0 Å². The molecule has 2 aromatic rings.